The Morgan fingerprint density at radius 2 is 1.45 bits per heavy atom. The quantitative estimate of drug-likeness (QED) is 0.261. The van der Waals surface area contributed by atoms with Gasteiger partial charge in [0.25, 0.3) is 0 Å². The molecule has 1 unspecified atom stereocenters. The lowest BCUT2D eigenvalue weighted by molar-refractivity contribution is -0.130. The van der Waals surface area contributed by atoms with Gasteiger partial charge in [0.2, 0.25) is 0 Å². The van der Waals surface area contributed by atoms with E-state index >= 15 is 0 Å². The summed E-state index contributed by atoms with van der Waals surface area (Å²) in [7, 11) is -3.80. The molecule has 0 radical (unpaired) electrons. The highest BCUT2D eigenvalue weighted by Crippen LogP contribution is 2.55. The SMILES string of the molecule is C=CC(=O)Oc1ccc(OC(=O)C=C)c(P2(=O)Oc3ccccc3-c3ccccc32)c1. The molecule has 1 atom stereocenters. The van der Waals surface area contributed by atoms with E-state index in [1.54, 1.807) is 24.3 Å². The number of esters is 2. The average Bonchev–Trinajstić information content (AvgIpc) is 2.80. The molecule has 3 aromatic rings. The second-order valence-electron chi connectivity index (χ2n) is 6.54. The van der Waals surface area contributed by atoms with Crippen LogP contribution in [-0.2, 0) is 14.2 Å². The molecule has 1 heterocycles. The minimum Gasteiger partial charge on any atom is -0.436 e. The van der Waals surface area contributed by atoms with Crippen LogP contribution in [-0.4, -0.2) is 11.9 Å². The van der Waals surface area contributed by atoms with Crippen LogP contribution >= 0.6 is 7.37 Å². The molecule has 0 fully saturated rings. The summed E-state index contributed by atoms with van der Waals surface area (Å²) >= 11 is 0. The summed E-state index contributed by atoms with van der Waals surface area (Å²) in [5.74, 6) is -0.863. The molecule has 6 nitrogen and oxygen atoms in total. The van der Waals surface area contributed by atoms with Gasteiger partial charge in [-0.2, -0.15) is 0 Å². The molecule has 7 heteroatoms. The van der Waals surface area contributed by atoms with Gasteiger partial charge in [0.05, 0.1) is 10.6 Å². The molecular formula is C24H17O6P. The molecule has 0 N–H and O–H groups in total. The van der Waals surface area contributed by atoms with Crippen molar-refractivity contribution in [2.75, 3.05) is 0 Å². The minimum atomic E-state index is -3.80. The predicted octanol–water partition coefficient (Wildman–Crippen LogP) is 4.16. The fourth-order valence-electron chi connectivity index (χ4n) is 3.28. The first-order valence-electron chi connectivity index (χ1n) is 9.28. The number of carbonyl (C=O) groups excluding carboxylic acids is 2. The van der Waals surface area contributed by atoms with E-state index in [0.717, 1.165) is 23.3 Å². The number of hydrogen-bond donors (Lipinski definition) is 0. The third-order valence-electron chi connectivity index (χ3n) is 4.64. The molecule has 0 saturated carbocycles. The van der Waals surface area contributed by atoms with Gasteiger partial charge < -0.3 is 14.0 Å². The van der Waals surface area contributed by atoms with E-state index in [9.17, 15) is 14.2 Å². The topological polar surface area (TPSA) is 78.9 Å². The Morgan fingerprint density at radius 3 is 2.19 bits per heavy atom. The van der Waals surface area contributed by atoms with Gasteiger partial charge in [0.1, 0.15) is 17.2 Å². The minimum absolute atomic E-state index is 0.0146. The summed E-state index contributed by atoms with van der Waals surface area (Å²) in [5.41, 5.74) is 1.53. The monoisotopic (exact) mass is 432 g/mol. The number of ether oxygens (including phenoxy) is 2. The Kier molecular flexibility index (Phi) is 5.32. The van der Waals surface area contributed by atoms with Crippen molar-refractivity contribution in [3.05, 3.63) is 92.0 Å². The molecule has 0 amide bonds. The van der Waals surface area contributed by atoms with Crippen LogP contribution in [0.25, 0.3) is 11.1 Å². The van der Waals surface area contributed by atoms with Crippen LogP contribution in [0.5, 0.6) is 17.2 Å². The number of benzene rings is 3. The molecule has 1 aliphatic rings. The molecule has 31 heavy (non-hydrogen) atoms. The van der Waals surface area contributed by atoms with Crippen molar-refractivity contribution in [3.63, 3.8) is 0 Å². The summed E-state index contributed by atoms with van der Waals surface area (Å²) in [6.07, 6.45) is 2.01. The Bertz CT molecular complexity index is 1280. The molecule has 0 aliphatic carbocycles. The van der Waals surface area contributed by atoms with Gasteiger partial charge >= 0.3 is 19.3 Å². The van der Waals surface area contributed by atoms with Crippen LogP contribution in [0.4, 0.5) is 0 Å². The lowest BCUT2D eigenvalue weighted by atomic mass is 10.0. The summed E-state index contributed by atoms with van der Waals surface area (Å²) in [6, 6.07) is 18.6. The Labute approximate surface area is 178 Å². The van der Waals surface area contributed by atoms with Gasteiger partial charge in [0.15, 0.2) is 0 Å². The lowest BCUT2D eigenvalue weighted by Gasteiger charge is -2.29. The number of hydrogen-bond acceptors (Lipinski definition) is 6. The molecular weight excluding hydrogens is 415 g/mol. The summed E-state index contributed by atoms with van der Waals surface area (Å²) in [4.78, 5) is 23.6. The first-order valence-corrected chi connectivity index (χ1v) is 10.9. The zero-order valence-electron chi connectivity index (χ0n) is 16.3. The molecule has 0 spiro atoms. The molecule has 0 bridgehead atoms. The fourth-order valence-corrected chi connectivity index (χ4v) is 5.67. The van der Waals surface area contributed by atoms with E-state index in [-0.39, 0.29) is 16.8 Å². The molecule has 0 saturated heterocycles. The van der Waals surface area contributed by atoms with Crippen molar-refractivity contribution in [2.24, 2.45) is 0 Å². The third-order valence-corrected chi connectivity index (χ3v) is 7.10. The molecule has 154 valence electrons. The van der Waals surface area contributed by atoms with Crippen molar-refractivity contribution in [3.8, 4) is 28.4 Å². The van der Waals surface area contributed by atoms with Gasteiger partial charge in [-0.15, -0.1) is 0 Å². The summed E-state index contributed by atoms with van der Waals surface area (Å²) in [6.45, 7) is 6.77. The van der Waals surface area contributed by atoms with Gasteiger partial charge in [0, 0.05) is 17.7 Å². The van der Waals surface area contributed by atoms with Crippen LogP contribution in [0.3, 0.4) is 0 Å². The second-order valence-corrected chi connectivity index (χ2v) is 8.79. The first kappa shape index (κ1) is 20.4. The molecule has 3 aromatic carbocycles. The van der Waals surface area contributed by atoms with E-state index < -0.39 is 19.3 Å². The average molecular weight is 432 g/mol. The Morgan fingerprint density at radius 1 is 0.806 bits per heavy atom. The van der Waals surface area contributed by atoms with Crippen LogP contribution < -0.4 is 24.6 Å². The second kappa shape index (κ2) is 8.09. The smallest absolute Gasteiger partial charge is 0.335 e. The lowest BCUT2D eigenvalue weighted by Crippen LogP contribution is -2.27. The van der Waals surface area contributed by atoms with Crippen molar-refractivity contribution >= 4 is 29.9 Å². The van der Waals surface area contributed by atoms with Gasteiger partial charge in [-0.1, -0.05) is 49.6 Å². The maximum Gasteiger partial charge on any atom is 0.335 e. The molecule has 4 rings (SSSR count). The third kappa shape index (κ3) is 3.69. The highest BCUT2D eigenvalue weighted by atomic mass is 31.2. The van der Waals surface area contributed by atoms with Gasteiger partial charge in [-0.05, 0) is 35.9 Å². The number of fused-ring (bicyclic) bond motifs is 3. The molecule has 1 aliphatic heterocycles. The van der Waals surface area contributed by atoms with E-state index in [1.807, 2.05) is 24.3 Å². The standard InChI is InChI=1S/C24H17O6P/c1-3-23(25)28-16-13-14-20(29-24(26)4-2)22(15-16)31(27)21-12-8-6-10-18(21)17-9-5-7-11-19(17)30-31/h3-15H,1-2H2. The van der Waals surface area contributed by atoms with E-state index in [0.29, 0.717) is 11.1 Å². The van der Waals surface area contributed by atoms with E-state index in [4.69, 9.17) is 14.0 Å². The van der Waals surface area contributed by atoms with Gasteiger partial charge in [-0.25, -0.2) is 9.59 Å². The maximum atomic E-state index is 14.4. The maximum absolute atomic E-state index is 14.4. The number of para-hydroxylation sites is 1. The largest absolute Gasteiger partial charge is 0.436 e. The normalized spacial score (nSPS) is 16.1. The zero-order valence-corrected chi connectivity index (χ0v) is 17.2. The van der Waals surface area contributed by atoms with Crippen molar-refractivity contribution < 1.29 is 28.2 Å². The fraction of sp³-hybridized carbons (Fsp3) is 0. The van der Waals surface area contributed by atoms with Crippen LogP contribution in [0, 0.1) is 0 Å². The number of carbonyl (C=O) groups is 2. The van der Waals surface area contributed by atoms with E-state index in [2.05, 4.69) is 13.2 Å². The van der Waals surface area contributed by atoms with Gasteiger partial charge in [-0.3, -0.25) is 4.57 Å². The van der Waals surface area contributed by atoms with Crippen LogP contribution in [0.15, 0.2) is 92.0 Å². The van der Waals surface area contributed by atoms with Crippen molar-refractivity contribution in [1.29, 1.82) is 0 Å². The first-order chi connectivity index (χ1) is 15.0. The summed E-state index contributed by atoms with van der Waals surface area (Å²) < 4.78 is 31.0. The van der Waals surface area contributed by atoms with Crippen molar-refractivity contribution in [2.45, 2.75) is 0 Å². The Balaban J connectivity index is 1.94. The number of rotatable bonds is 5. The predicted molar refractivity (Wildman–Crippen MR) is 117 cm³/mol. The molecule has 0 aromatic heterocycles. The Hall–Kier alpha value is -3.89. The van der Waals surface area contributed by atoms with Crippen LogP contribution in [0.2, 0.25) is 0 Å². The highest BCUT2D eigenvalue weighted by molar-refractivity contribution is 7.75. The van der Waals surface area contributed by atoms with E-state index in [1.165, 1.54) is 18.2 Å². The zero-order chi connectivity index (χ0) is 22.0. The van der Waals surface area contributed by atoms with Crippen molar-refractivity contribution in [1.82, 2.24) is 0 Å². The highest BCUT2D eigenvalue weighted by Gasteiger charge is 2.40. The van der Waals surface area contributed by atoms with Crippen LogP contribution in [0.1, 0.15) is 0 Å². The summed E-state index contributed by atoms with van der Waals surface area (Å²) in [5, 5.41) is 0.524.